The molecule has 0 saturated heterocycles. The first-order chi connectivity index (χ1) is 8.84. The van der Waals surface area contributed by atoms with Crippen LogP contribution in [-0.4, -0.2) is 22.5 Å². The van der Waals surface area contributed by atoms with E-state index in [1.165, 1.54) is 0 Å². The van der Waals surface area contributed by atoms with Crippen LogP contribution in [0.5, 0.6) is 0 Å². The zero-order valence-electron chi connectivity index (χ0n) is 10.9. The van der Waals surface area contributed by atoms with Gasteiger partial charge < -0.3 is 10.4 Å². The molecule has 1 aromatic carbocycles. The molecule has 19 heavy (non-hydrogen) atoms. The van der Waals surface area contributed by atoms with Crippen molar-refractivity contribution >= 4 is 11.9 Å². The maximum Gasteiger partial charge on any atom is 0.303 e. The van der Waals surface area contributed by atoms with Crippen molar-refractivity contribution in [3.63, 3.8) is 0 Å². The maximum absolute atomic E-state index is 12.0. The SMILES string of the molecule is CC(C)(CCC(=O)O)NC(=O)c1ccc(C#N)cc1. The molecule has 0 bridgehead atoms. The van der Waals surface area contributed by atoms with Gasteiger partial charge in [0, 0.05) is 17.5 Å². The van der Waals surface area contributed by atoms with E-state index in [0.29, 0.717) is 17.5 Å². The molecule has 1 aromatic rings. The highest BCUT2D eigenvalue weighted by Crippen LogP contribution is 2.13. The molecule has 0 saturated carbocycles. The fraction of sp³-hybridized carbons (Fsp3) is 0.357. The highest BCUT2D eigenvalue weighted by molar-refractivity contribution is 5.94. The predicted octanol–water partition coefficient (Wildman–Crippen LogP) is 1.93. The molecule has 5 heteroatoms. The second-order valence-electron chi connectivity index (χ2n) is 4.92. The molecule has 1 amide bonds. The third-order valence-electron chi connectivity index (χ3n) is 2.69. The van der Waals surface area contributed by atoms with E-state index in [0.717, 1.165) is 0 Å². The summed E-state index contributed by atoms with van der Waals surface area (Å²) in [7, 11) is 0. The summed E-state index contributed by atoms with van der Waals surface area (Å²) >= 11 is 0. The number of nitrogens with one attached hydrogen (secondary N) is 1. The first-order valence-electron chi connectivity index (χ1n) is 5.88. The summed E-state index contributed by atoms with van der Waals surface area (Å²) in [5.41, 5.74) is 0.340. The molecule has 2 N–H and O–H groups in total. The van der Waals surface area contributed by atoms with Gasteiger partial charge in [0.1, 0.15) is 0 Å². The maximum atomic E-state index is 12.0. The largest absolute Gasteiger partial charge is 0.481 e. The van der Waals surface area contributed by atoms with Crippen LogP contribution in [0.25, 0.3) is 0 Å². The van der Waals surface area contributed by atoms with Gasteiger partial charge in [0.2, 0.25) is 0 Å². The highest BCUT2D eigenvalue weighted by Gasteiger charge is 2.22. The number of nitriles is 1. The Morgan fingerprint density at radius 1 is 1.32 bits per heavy atom. The smallest absolute Gasteiger partial charge is 0.303 e. The van der Waals surface area contributed by atoms with Gasteiger partial charge in [0.25, 0.3) is 5.91 Å². The fourth-order valence-electron chi connectivity index (χ4n) is 1.56. The van der Waals surface area contributed by atoms with E-state index in [1.54, 1.807) is 38.1 Å². The van der Waals surface area contributed by atoms with Crippen LogP contribution in [0.2, 0.25) is 0 Å². The fourth-order valence-corrected chi connectivity index (χ4v) is 1.56. The van der Waals surface area contributed by atoms with Crippen LogP contribution < -0.4 is 5.32 Å². The monoisotopic (exact) mass is 260 g/mol. The van der Waals surface area contributed by atoms with Gasteiger partial charge in [-0.25, -0.2) is 0 Å². The molecule has 5 nitrogen and oxygen atoms in total. The second kappa shape index (κ2) is 6.01. The Hall–Kier alpha value is -2.35. The molecular weight excluding hydrogens is 244 g/mol. The van der Waals surface area contributed by atoms with Gasteiger partial charge in [0.05, 0.1) is 11.6 Å². The lowest BCUT2D eigenvalue weighted by Crippen LogP contribution is -2.43. The number of nitrogens with zero attached hydrogens (tertiary/aromatic N) is 1. The summed E-state index contributed by atoms with van der Waals surface area (Å²) in [4.78, 5) is 22.5. The normalized spacial score (nSPS) is 10.6. The number of hydrogen-bond donors (Lipinski definition) is 2. The van der Waals surface area contributed by atoms with Crippen molar-refractivity contribution in [2.24, 2.45) is 0 Å². The van der Waals surface area contributed by atoms with E-state index < -0.39 is 11.5 Å². The van der Waals surface area contributed by atoms with Crippen LogP contribution in [0, 0.1) is 11.3 Å². The Labute approximate surface area is 111 Å². The van der Waals surface area contributed by atoms with E-state index >= 15 is 0 Å². The second-order valence-corrected chi connectivity index (χ2v) is 4.92. The van der Waals surface area contributed by atoms with Gasteiger partial charge in [0.15, 0.2) is 0 Å². The van der Waals surface area contributed by atoms with E-state index in [-0.39, 0.29) is 12.3 Å². The van der Waals surface area contributed by atoms with Crippen molar-refractivity contribution in [1.29, 1.82) is 5.26 Å². The average molecular weight is 260 g/mol. The molecule has 0 aliphatic carbocycles. The lowest BCUT2D eigenvalue weighted by atomic mass is 9.97. The minimum absolute atomic E-state index is 0.000645. The van der Waals surface area contributed by atoms with Crippen molar-refractivity contribution in [1.82, 2.24) is 5.32 Å². The Kier molecular flexibility index (Phi) is 4.65. The molecule has 0 fully saturated rings. The summed E-state index contributed by atoms with van der Waals surface area (Å²) in [5, 5.41) is 20.1. The molecule has 0 heterocycles. The Morgan fingerprint density at radius 2 is 1.89 bits per heavy atom. The molecule has 100 valence electrons. The van der Waals surface area contributed by atoms with Gasteiger partial charge in [-0.15, -0.1) is 0 Å². The predicted molar refractivity (Wildman–Crippen MR) is 69.6 cm³/mol. The molecule has 0 unspecified atom stereocenters. The van der Waals surface area contributed by atoms with Crippen LogP contribution in [0.1, 0.15) is 42.6 Å². The zero-order valence-corrected chi connectivity index (χ0v) is 10.9. The molecule has 0 spiro atoms. The van der Waals surface area contributed by atoms with E-state index in [2.05, 4.69) is 5.32 Å². The molecule has 0 aromatic heterocycles. The number of carboxylic acid groups (broad SMARTS) is 1. The number of carbonyl (C=O) groups is 2. The van der Waals surface area contributed by atoms with Crippen molar-refractivity contribution < 1.29 is 14.7 Å². The number of rotatable bonds is 5. The van der Waals surface area contributed by atoms with Gasteiger partial charge in [-0.05, 0) is 44.5 Å². The van der Waals surface area contributed by atoms with Gasteiger partial charge in [-0.1, -0.05) is 0 Å². The molecular formula is C14H16N2O3. The third kappa shape index (κ3) is 4.80. The summed E-state index contributed by atoms with van der Waals surface area (Å²) < 4.78 is 0. The first-order valence-corrected chi connectivity index (χ1v) is 5.88. The van der Waals surface area contributed by atoms with E-state index in [4.69, 9.17) is 10.4 Å². The van der Waals surface area contributed by atoms with Gasteiger partial charge >= 0.3 is 5.97 Å². The number of carboxylic acids is 1. The topological polar surface area (TPSA) is 90.2 Å². The summed E-state index contributed by atoms with van der Waals surface area (Å²) in [6, 6.07) is 8.26. The standard InChI is InChI=1S/C14H16N2O3/c1-14(2,8-7-12(17)18)16-13(19)11-5-3-10(9-15)4-6-11/h3-6H,7-8H2,1-2H3,(H,16,19)(H,17,18). The van der Waals surface area contributed by atoms with Crippen LogP contribution in [0.15, 0.2) is 24.3 Å². The lowest BCUT2D eigenvalue weighted by Gasteiger charge is -2.25. The summed E-state index contributed by atoms with van der Waals surface area (Å²) in [6.45, 7) is 3.55. The number of amides is 1. The number of benzene rings is 1. The summed E-state index contributed by atoms with van der Waals surface area (Å²) in [6.07, 6.45) is 0.352. The zero-order chi connectivity index (χ0) is 14.5. The van der Waals surface area contributed by atoms with Crippen molar-refractivity contribution in [2.75, 3.05) is 0 Å². The van der Waals surface area contributed by atoms with Crippen LogP contribution in [0.3, 0.4) is 0 Å². The highest BCUT2D eigenvalue weighted by atomic mass is 16.4. The minimum atomic E-state index is -0.888. The van der Waals surface area contributed by atoms with Gasteiger partial charge in [-0.3, -0.25) is 9.59 Å². The van der Waals surface area contributed by atoms with Crippen LogP contribution in [-0.2, 0) is 4.79 Å². The average Bonchev–Trinajstić information content (AvgIpc) is 2.36. The Morgan fingerprint density at radius 3 is 2.37 bits per heavy atom. The molecule has 0 atom stereocenters. The molecule has 0 radical (unpaired) electrons. The lowest BCUT2D eigenvalue weighted by molar-refractivity contribution is -0.137. The first kappa shape index (κ1) is 14.7. The third-order valence-corrected chi connectivity index (χ3v) is 2.69. The van der Waals surface area contributed by atoms with Gasteiger partial charge in [-0.2, -0.15) is 5.26 Å². The van der Waals surface area contributed by atoms with Crippen molar-refractivity contribution in [3.05, 3.63) is 35.4 Å². The number of carbonyl (C=O) groups excluding carboxylic acids is 1. The Bertz CT molecular complexity index is 512. The molecule has 1 rings (SSSR count). The van der Waals surface area contributed by atoms with E-state index in [9.17, 15) is 9.59 Å². The minimum Gasteiger partial charge on any atom is -0.481 e. The Balaban J connectivity index is 2.67. The number of hydrogen-bond acceptors (Lipinski definition) is 3. The quantitative estimate of drug-likeness (QED) is 0.846. The van der Waals surface area contributed by atoms with Crippen LogP contribution >= 0.6 is 0 Å². The summed E-state index contributed by atoms with van der Waals surface area (Å²) in [5.74, 6) is -1.17. The van der Waals surface area contributed by atoms with E-state index in [1.807, 2.05) is 6.07 Å². The van der Waals surface area contributed by atoms with Crippen molar-refractivity contribution in [2.45, 2.75) is 32.2 Å². The van der Waals surface area contributed by atoms with Crippen molar-refractivity contribution in [3.8, 4) is 6.07 Å². The number of aliphatic carboxylic acids is 1. The molecule has 0 aliphatic rings. The van der Waals surface area contributed by atoms with Crippen LogP contribution in [0.4, 0.5) is 0 Å². The molecule has 0 aliphatic heterocycles.